The average molecular weight is 472 g/mol. The lowest BCUT2D eigenvalue weighted by Gasteiger charge is -2.38. The first-order chi connectivity index (χ1) is 14.9. The van der Waals surface area contributed by atoms with E-state index in [2.05, 4.69) is 60.4 Å². The number of halogens is 2. The van der Waals surface area contributed by atoms with Crippen molar-refractivity contribution in [3.8, 4) is 0 Å². The molecule has 0 saturated carbocycles. The Kier molecular flexibility index (Phi) is 7.82. The summed E-state index contributed by atoms with van der Waals surface area (Å²) in [5, 5.41) is 2.94. The highest BCUT2D eigenvalue weighted by molar-refractivity contribution is 7.99. The van der Waals surface area contributed by atoms with Crippen LogP contribution in [0.3, 0.4) is 0 Å². The zero-order valence-corrected chi connectivity index (χ0v) is 20.0. The summed E-state index contributed by atoms with van der Waals surface area (Å²) < 4.78 is 13.1. The van der Waals surface area contributed by atoms with Crippen LogP contribution >= 0.6 is 24.2 Å². The molecule has 168 valence electrons. The molecule has 1 aliphatic heterocycles. The van der Waals surface area contributed by atoms with Gasteiger partial charge in [-0.3, -0.25) is 4.79 Å². The highest BCUT2D eigenvalue weighted by Gasteiger charge is 2.28. The lowest BCUT2D eigenvalue weighted by molar-refractivity contribution is 0.0951. The van der Waals surface area contributed by atoms with E-state index in [9.17, 15) is 9.18 Å². The minimum Gasteiger partial charge on any atom is -0.348 e. The Balaban J connectivity index is 0.00000289. The number of carbonyl (C=O) groups is 1. The Morgan fingerprint density at radius 1 is 1.03 bits per heavy atom. The third-order valence-corrected chi connectivity index (χ3v) is 6.39. The molecule has 1 atom stereocenters. The van der Waals surface area contributed by atoms with Gasteiger partial charge in [-0.15, -0.1) is 12.4 Å². The maximum atomic E-state index is 13.1. The van der Waals surface area contributed by atoms with Crippen LogP contribution in [0.2, 0.25) is 0 Å². The van der Waals surface area contributed by atoms with Crippen molar-refractivity contribution in [3.05, 3.63) is 83.7 Å². The molecule has 1 amide bonds. The maximum absolute atomic E-state index is 13.1. The van der Waals surface area contributed by atoms with E-state index >= 15 is 0 Å². The molecule has 0 unspecified atom stereocenters. The van der Waals surface area contributed by atoms with Gasteiger partial charge in [-0.25, -0.2) is 4.39 Å². The summed E-state index contributed by atoms with van der Waals surface area (Å²) in [5.74, 6) is -0.425. The maximum Gasteiger partial charge on any atom is 0.251 e. The molecular formula is C25H27ClFN3OS. The summed E-state index contributed by atoms with van der Waals surface area (Å²) in [5.41, 5.74) is 3.69. The van der Waals surface area contributed by atoms with E-state index in [0.717, 1.165) is 22.7 Å². The van der Waals surface area contributed by atoms with E-state index in [1.807, 2.05) is 18.2 Å². The smallest absolute Gasteiger partial charge is 0.251 e. The van der Waals surface area contributed by atoms with E-state index in [1.165, 1.54) is 22.7 Å². The van der Waals surface area contributed by atoms with Gasteiger partial charge in [0.05, 0.1) is 11.4 Å². The molecule has 0 saturated heterocycles. The third kappa shape index (κ3) is 5.26. The van der Waals surface area contributed by atoms with E-state index < -0.39 is 0 Å². The lowest BCUT2D eigenvalue weighted by Crippen LogP contribution is -2.38. The first-order valence-electron chi connectivity index (χ1n) is 10.3. The number of likely N-dealkylation sites (N-methyl/N-ethyl adjacent to an activating group) is 1. The quantitative estimate of drug-likeness (QED) is 0.498. The van der Waals surface area contributed by atoms with Crippen LogP contribution in [0.5, 0.6) is 0 Å². The minimum atomic E-state index is -0.283. The predicted octanol–water partition coefficient (Wildman–Crippen LogP) is 5.73. The molecule has 32 heavy (non-hydrogen) atoms. The SMILES string of the molecule is C[C@H](CN(C)C)N1c2ccccc2Sc2ccc(C(=O)NCc3ccc(F)cc3)cc21.Cl. The van der Waals surface area contributed by atoms with Crippen molar-refractivity contribution in [2.24, 2.45) is 0 Å². The van der Waals surface area contributed by atoms with Crippen LogP contribution in [-0.2, 0) is 6.54 Å². The average Bonchev–Trinajstić information content (AvgIpc) is 2.75. The van der Waals surface area contributed by atoms with E-state index in [-0.39, 0.29) is 30.2 Å². The lowest BCUT2D eigenvalue weighted by atomic mass is 10.1. The number of nitrogens with zero attached hydrogens (tertiary/aromatic N) is 2. The number of amides is 1. The van der Waals surface area contributed by atoms with Gasteiger partial charge in [-0.2, -0.15) is 0 Å². The van der Waals surface area contributed by atoms with Crippen molar-refractivity contribution < 1.29 is 9.18 Å². The predicted molar refractivity (Wildman–Crippen MR) is 132 cm³/mol. The number of benzene rings is 3. The van der Waals surface area contributed by atoms with Crippen molar-refractivity contribution in [1.82, 2.24) is 10.2 Å². The zero-order chi connectivity index (χ0) is 22.0. The molecule has 1 aliphatic rings. The number of fused-ring (bicyclic) bond motifs is 2. The van der Waals surface area contributed by atoms with Crippen LogP contribution in [0.25, 0.3) is 0 Å². The van der Waals surface area contributed by atoms with Gasteiger partial charge >= 0.3 is 0 Å². The number of rotatable bonds is 6. The molecule has 4 nitrogen and oxygen atoms in total. The number of carbonyl (C=O) groups excluding carboxylic acids is 1. The molecule has 4 rings (SSSR count). The second kappa shape index (κ2) is 10.4. The Labute approximate surface area is 199 Å². The molecule has 0 spiro atoms. The van der Waals surface area contributed by atoms with Crippen molar-refractivity contribution >= 4 is 41.5 Å². The molecule has 3 aromatic carbocycles. The Morgan fingerprint density at radius 3 is 2.44 bits per heavy atom. The first-order valence-corrected chi connectivity index (χ1v) is 11.1. The molecule has 1 N–H and O–H groups in total. The summed E-state index contributed by atoms with van der Waals surface area (Å²) in [7, 11) is 4.14. The van der Waals surface area contributed by atoms with Gasteiger partial charge in [0.2, 0.25) is 0 Å². The normalized spacial score (nSPS) is 13.1. The highest BCUT2D eigenvalue weighted by Crippen LogP contribution is 2.49. The Bertz CT molecular complexity index is 1090. The second-order valence-electron chi connectivity index (χ2n) is 8.04. The van der Waals surface area contributed by atoms with Crippen molar-refractivity contribution in [2.45, 2.75) is 29.3 Å². The molecule has 0 radical (unpaired) electrons. The molecule has 3 aromatic rings. The fraction of sp³-hybridized carbons (Fsp3) is 0.240. The number of para-hydroxylation sites is 1. The summed E-state index contributed by atoms with van der Waals surface area (Å²) in [4.78, 5) is 19.7. The van der Waals surface area contributed by atoms with Gasteiger partial charge in [0, 0.05) is 34.5 Å². The molecule has 0 aliphatic carbocycles. The fourth-order valence-electron chi connectivity index (χ4n) is 3.90. The molecule has 1 heterocycles. The largest absolute Gasteiger partial charge is 0.348 e. The van der Waals surface area contributed by atoms with Gasteiger partial charge < -0.3 is 15.1 Å². The fourth-order valence-corrected chi connectivity index (χ4v) is 4.95. The molecule has 0 bridgehead atoms. The van der Waals surface area contributed by atoms with Gasteiger partial charge in [-0.1, -0.05) is 36.0 Å². The molecular weight excluding hydrogens is 445 g/mol. The third-order valence-electron chi connectivity index (χ3n) is 5.26. The van der Waals surface area contributed by atoms with Gasteiger partial charge in [0.1, 0.15) is 5.82 Å². The zero-order valence-electron chi connectivity index (χ0n) is 18.3. The van der Waals surface area contributed by atoms with Gasteiger partial charge in [0.25, 0.3) is 5.91 Å². The highest BCUT2D eigenvalue weighted by atomic mass is 35.5. The van der Waals surface area contributed by atoms with Gasteiger partial charge in [0.15, 0.2) is 0 Å². The first kappa shape index (κ1) is 24.1. The van der Waals surface area contributed by atoms with E-state index in [1.54, 1.807) is 23.9 Å². The van der Waals surface area contributed by atoms with Crippen molar-refractivity contribution in [2.75, 3.05) is 25.5 Å². The standard InChI is InChI=1S/C25H26FN3OS.ClH/c1-17(16-28(2)3)29-21-6-4-5-7-23(21)31-24-13-10-19(14-22(24)29)25(30)27-15-18-8-11-20(26)12-9-18;/h4-14,17H,15-16H2,1-3H3,(H,27,30);1H/t17-;/m1./s1. The van der Waals surface area contributed by atoms with Gasteiger partial charge in [-0.05, 0) is 69.0 Å². The summed E-state index contributed by atoms with van der Waals surface area (Å²) >= 11 is 1.73. The number of anilines is 2. The molecule has 0 fully saturated rings. The molecule has 7 heteroatoms. The summed E-state index contributed by atoms with van der Waals surface area (Å²) in [6.45, 7) is 3.45. The van der Waals surface area contributed by atoms with Crippen LogP contribution in [0.1, 0.15) is 22.8 Å². The Morgan fingerprint density at radius 2 is 1.72 bits per heavy atom. The van der Waals surface area contributed by atoms with E-state index in [0.29, 0.717) is 12.1 Å². The minimum absolute atomic E-state index is 0. The number of hydrogen-bond donors (Lipinski definition) is 1. The molecule has 0 aromatic heterocycles. The van der Waals surface area contributed by atoms with Crippen LogP contribution in [0.15, 0.2) is 76.5 Å². The topological polar surface area (TPSA) is 35.6 Å². The summed E-state index contributed by atoms with van der Waals surface area (Å²) in [6.07, 6.45) is 0. The van der Waals surface area contributed by atoms with Crippen LogP contribution in [0.4, 0.5) is 15.8 Å². The number of hydrogen-bond acceptors (Lipinski definition) is 4. The van der Waals surface area contributed by atoms with E-state index in [4.69, 9.17) is 0 Å². The van der Waals surface area contributed by atoms with Crippen LogP contribution in [0, 0.1) is 5.82 Å². The number of nitrogens with one attached hydrogen (secondary N) is 1. The van der Waals surface area contributed by atoms with Crippen LogP contribution in [-0.4, -0.2) is 37.5 Å². The Hall–Kier alpha value is -2.54. The van der Waals surface area contributed by atoms with Crippen molar-refractivity contribution in [1.29, 1.82) is 0 Å². The van der Waals surface area contributed by atoms with Crippen molar-refractivity contribution in [3.63, 3.8) is 0 Å². The van der Waals surface area contributed by atoms with Crippen LogP contribution < -0.4 is 10.2 Å². The monoisotopic (exact) mass is 471 g/mol. The second-order valence-corrected chi connectivity index (χ2v) is 9.13. The summed E-state index contributed by atoms with van der Waals surface area (Å²) in [6, 6.07) is 20.7.